The van der Waals surface area contributed by atoms with Gasteiger partial charge in [0, 0.05) is 38.6 Å². The Labute approximate surface area is 146 Å². The van der Waals surface area contributed by atoms with Crippen LogP contribution in [-0.4, -0.2) is 68.1 Å². The van der Waals surface area contributed by atoms with Gasteiger partial charge in [-0.1, -0.05) is 19.3 Å². The standard InChI is InChI=1S/C18H34N4O2/c1-21(2)13-10-19-17(23)14-15-8-11-22(12-9-15)18(24)20-16-6-4-3-5-7-16/h15-16H,3-14H2,1-2H3,(H,19,23)(H,20,24). The van der Waals surface area contributed by atoms with Gasteiger partial charge >= 0.3 is 6.03 Å². The van der Waals surface area contributed by atoms with Crippen LogP contribution in [0.15, 0.2) is 0 Å². The number of nitrogens with one attached hydrogen (secondary N) is 2. The molecule has 3 amide bonds. The third-order valence-corrected chi connectivity index (χ3v) is 5.19. The number of rotatable bonds is 6. The second-order valence-corrected chi connectivity index (χ2v) is 7.57. The summed E-state index contributed by atoms with van der Waals surface area (Å²) in [5, 5.41) is 6.16. The first-order valence-electron chi connectivity index (χ1n) is 9.51. The Morgan fingerprint density at radius 1 is 1.04 bits per heavy atom. The predicted molar refractivity (Wildman–Crippen MR) is 95.9 cm³/mol. The zero-order valence-electron chi connectivity index (χ0n) is 15.4. The molecule has 2 fully saturated rings. The van der Waals surface area contributed by atoms with E-state index in [1.165, 1.54) is 19.3 Å². The van der Waals surface area contributed by atoms with E-state index in [4.69, 9.17) is 0 Å². The molecule has 1 aliphatic heterocycles. The van der Waals surface area contributed by atoms with Crippen LogP contribution in [0, 0.1) is 5.92 Å². The fraction of sp³-hybridized carbons (Fsp3) is 0.889. The van der Waals surface area contributed by atoms with Crippen LogP contribution in [0.2, 0.25) is 0 Å². The van der Waals surface area contributed by atoms with Crippen molar-refractivity contribution in [2.75, 3.05) is 40.3 Å². The molecule has 0 spiro atoms. The number of likely N-dealkylation sites (N-methyl/N-ethyl adjacent to an activating group) is 1. The van der Waals surface area contributed by atoms with E-state index in [9.17, 15) is 9.59 Å². The minimum absolute atomic E-state index is 0.0933. The monoisotopic (exact) mass is 338 g/mol. The normalized spacial score (nSPS) is 20.2. The van der Waals surface area contributed by atoms with E-state index in [-0.39, 0.29) is 11.9 Å². The molecule has 24 heavy (non-hydrogen) atoms. The zero-order chi connectivity index (χ0) is 17.4. The first-order valence-corrected chi connectivity index (χ1v) is 9.51. The van der Waals surface area contributed by atoms with E-state index in [2.05, 4.69) is 15.5 Å². The second kappa shape index (κ2) is 9.87. The topological polar surface area (TPSA) is 64.7 Å². The quantitative estimate of drug-likeness (QED) is 0.776. The van der Waals surface area contributed by atoms with E-state index in [1.807, 2.05) is 19.0 Å². The van der Waals surface area contributed by atoms with E-state index >= 15 is 0 Å². The summed E-state index contributed by atoms with van der Waals surface area (Å²) in [7, 11) is 4.00. The molecule has 0 unspecified atom stereocenters. The lowest BCUT2D eigenvalue weighted by Gasteiger charge is -2.33. The van der Waals surface area contributed by atoms with Crippen LogP contribution in [0.3, 0.4) is 0 Å². The summed E-state index contributed by atoms with van der Waals surface area (Å²) in [6, 6.07) is 0.460. The summed E-state index contributed by atoms with van der Waals surface area (Å²) < 4.78 is 0. The van der Waals surface area contributed by atoms with Gasteiger partial charge in [0.05, 0.1) is 0 Å². The largest absolute Gasteiger partial charge is 0.355 e. The highest BCUT2D eigenvalue weighted by Crippen LogP contribution is 2.22. The summed E-state index contributed by atoms with van der Waals surface area (Å²) in [4.78, 5) is 28.3. The molecule has 2 N–H and O–H groups in total. The summed E-state index contributed by atoms with van der Waals surface area (Å²) in [5.41, 5.74) is 0. The Morgan fingerprint density at radius 2 is 1.71 bits per heavy atom. The van der Waals surface area contributed by atoms with Gasteiger partial charge in [-0.2, -0.15) is 0 Å². The number of urea groups is 1. The van der Waals surface area contributed by atoms with Crippen molar-refractivity contribution in [3.05, 3.63) is 0 Å². The molecule has 2 rings (SSSR count). The molecule has 1 saturated carbocycles. The number of carbonyl (C=O) groups excluding carboxylic acids is 2. The van der Waals surface area contributed by atoms with Crippen LogP contribution in [-0.2, 0) is 4.79 Å². The van der Waals surface area contributed by atoms with Gasteiger partial charge in [0.1, 0.15) is 0 Å². The lowest BCUT2D eigenvalue weighted by atomic mass is 9.93. The fourth-order valence-corrected chi connectivity index (χ4v) is 3.61. The van der Waals surface area contributed by atoms with E-state index in [0.29, 0.717) is 24.9 Å². The highest BCUT2D eigenvalue weighted by molar-refractivity contribution is 5.76. The third kappa shape index (κ3) is 6.67. The van der Waals surface area contributed by atoms with Gasteiger partial charge in [-0.15, -0.1) is 0 Å². The second-order valence-electron chi connectivity index (χ2n) is 7.57. The van der Waals surface area contributed by atoms with Crippen LogP contribution in [0.1, 0.15) is 51.4 Å². The molecule has 1 heterocycles. The number of carbonyl (C=O) groups is 2. The molecule has 138 valence electrons. The van der Waals surface area contributed by atoms with Crippen LogP contribution in [0.25, 0.3) is 0 Å². The lowest BCUT2D eigenvalue weighted by Crippen LogP contribution is -2.48. The molecule has 0 aromatic carbocycles. The van der Waals surface area contributed by atoms with Gasteiger partial charge in [0.25, 0.3) is 0 Å². The highest BCUT2D eigenvalue weighted by atomic mass is 16.2. The van der Waals surface area contributed by atoms with E-state index < -0.39 is 0 Å². The van der Waals surface area contributed by atoms with Crippen LogP contribution in [0.4, 0.5) is 4.79 Å². The highest BCUT2D eigenvalue weighted by Gasteiger charge is 2.26. The Morgan fingerprint density at radius 3 is 2.33 bits per heavy atom. The number of nitrogens with zero attached hydrogens (tertiary/aromatic N) is 2. The van der Waals surface area contributed by atoms with Crippen LogP contribution < -0.4 is 10.6 Å². The predicted octanol–water partition coefficient (Wildman–Crippen LogP) is 1.81. The Bertz CT molecular complexity index is 400. The Kier molecular flexibility index (Phi) is 7.82. The molecule has 0 aromatic heterocycles. The molecular weight excluding hydrogens is 304 g/mol. The van der Waals surface area contributed by atoms with E-state index in [0.717, 1.165) is 45.3 Å². The third-order valence-electron chi connectivity index (χ3n) is 5.19. The van der Waals surface area contributed by atoms with Gasteiger partial charge in [0.15, 0.2) is 0 Å². The average molecular weight is 338 g/mol. The first kappa shape index (κ1) is 19.0. The number of hydrogen-bond acceptors (Lipinski definition) is 3. The summed E-state index contributed by atoms with van der Waals surface area (Å²) in [6.07, 6.45) is 8.45. The molecular formula is C18H34N4O2. The van der Waals surface area contributed by atoms with Crippen molar-refractivity contribution in [2.45, 2.75) is 57.4 Å². The summed E-state index contributed by atoms with van der Waals surface area (Å²) in [6.45, 7) is 3.11. The van der Waals surface area contributed by atoms with Gasteiger partial charge in [-0.05, 0) is 45.7 Å². The van der Waals surface area contributed by atoms with Crippen LogP contribution in [0.5, 0.6) is 0 Å². The SMILES string of the molecule is CN(C)CCNC(=O)CC1CCN(C(=O)NC2CCCCC2)CC1. The number of hydrogen-bond donors (Lipinski definition) is 2. The number of amides is 3. The van der Waals surface area contributed by atoms with Crippen molar-refractivity contribution in [2.24, 2.45) is 5.92 Å². The molecule has 6 heteroatoms. The summed E-state index contributed by atoms with van der Waals surface area (Å²) in [5.74, 6) is 0.546. The molecule has 0 radical (unpaired) electrons. The van der Waals surface area contributed by atoms with Crippen molar-refractivity contribution in [3.8, 4) is 0 Å². The van der Waals surface area contributed by atoms with Crippen molar-refractivity contribution in [1.29, 1.82) is 0 Å². The van der Waals surface area contributed by atoms with Gasteiger partial charge in [0.2, 0.25) is 5.91 Å². The average Bonchev–Trinajstić information content (AvgIpc) is 2.56. The van der Waals surface area contributed by atoms with Gasteiger partial charge in [-0.3, -0.25) is 4.79 Å². The number of likely N-dealkylation sites (tertiary alicyclic amines) is 1. The maximum Gasteiger partial charge on any atom is 0.317 e. The maximum atomic E-state index is 12.3. The molecule has 6 nitrogen and oxygen atoms in total. The molecule has 0 atom stereocenters. The molecule has 2 aliphatic rings. The minimum atomic E-state index is 0.0933. The van der Waals surface area contributed by atoms with Crippen molar-refractivity contribution in [3.63, 3.8) is 0 Å². The van der Waals surface area contributed by atoms with Crippen molar-refractivity contribution in [1.82, 2.24) is 20.4 Å². The summed E-state index contributed by atoms with van der Waals surface area (Å²) >= 11 is 0. The van der Waals surface area contributed by atoms with Crippen molar-refractivity contribution >= 4 is 11.9 Å². The lowest BCUT2D eigenvalue weighted by molar-refractivity contribution is -0.122. The van der Waals surface area contributed by atoms with Crippen LogP contribution >= 0.6 is 0 Å². The Balaban J connectivity index is 1.61. The fourth-order valence-electron chi connectivity index (χ4n) is 3.61. The zero-order valence-corrected chi connectivity index (χ0v) is 15.4. The smallest absolute Gasteiger partial charge is 0.317 e. The van der Waals surface area contributed by atoms with Gasteiger partial charge in [-0.25, -0.2) is 4.79 Å². The molecule has 1 saturated heterocycles. The Hall–Kier alpha value is -1.30. The number of piperidine rings is 1. The first-order chi connectivity index (χ1) is 11.5. The molecule has 0 aromatic rings. The minimum Gasteiger partial charge on any atom is -0.355 e. The van der Waals surface area contributed by atoms with Crippen molar-refractivity contribution < 1.29 is 9.59 Å². The molecule has 1 aliphatic carbocycles. The van der Waals surface area contributed by atoms with E-state index in [1.54, 1.807) is 0 Å². The molecule has 0 bridgehead atoms. The maximum absolute atomic E-state index is 12.3. The van der Waals surface area contributed by atoms with Gasteiger partial charge < -0.3 is 20.4 Å².